The third kappa shape index (κ3) is 2.21. The van der Waals surface area contributed by atoms with E-state index >= 15 is 0 Å². The van der Waals surface area contributed by atoms with Crippen LogP contribution in [0.3, 0.4) is 0 Å². The lowest BCUT2D eigenvalue weighted by molar-refractivity contribution is -0.130. The van der Waals surface area contributed by atoms with Crippen molar-refractivity contribution in [1.82, 2.24) is 9.47 Å². The fraction of sp³-hybridized carbons (Fsp3) is 0.545. The summed E-state index contributed by atoms with van der Waals surface area (Å²) >= 11 is 0. The summed E-state index contributed by atoms with van der Waals surface area (Å²) in [6, 6.07) is 4.62. The Labute approximate surface area is 89.7 Å². The lowest BCUT2D eigenvalue weighted by atomic mass is 10.0. The van der Waals surface area contributed by atoms with E-state index in [1.165, 1.54) is 0 Å². The zero-order valence-corrected chi connectivity index (χ0v) is 8.80. The van der Waals surface area contributed by atoms with Gasteiger partial charge in [0, 0.05) is 31.5 Å². The molecule has 1 saturated heterocycles. The average molecular weight is 207 g/mol. The summed E-state index contributed by atoms with van der Waals surface area (Å²) < 4.78 is 2.23. The highest BCUT2D eigenvalue weighted by Crippen LogP contribution is 2.22. The Kier molecular flexibility index (Phi) is 3.06. The van der Waals surface area contributed by atoms with Gasteiger partial charge in [-0.25, -0.2) is 0 Å². The summed E-state index contributed by atoms with van der Waals surface area (Å²) in [5.74, 6) is 0.0703. The molecule has 0 radical (unpaired) electrons. The molecule has 1 aliphatic heterocycles. The highest BCUT2D eigenvalue weighted by Gasteiger charge is 2.22. The Bertz CT molecular complexity index is 313. The number of hydrogen-bond donors (Lipinski definition) is 1. The van der Waals surface area contributed by atoms with Crippen LogP contribution in [0.1, 0.15) is 18.9 Å². The number of nitrogens with zero attached hydrogens (tertiary/aromatic N) is 2. The monoisotopic (exact) mass is 207 g/mol. The molecule has 15 heavy (non-hydrogen) atoms. The van der Waals surface area contributed by atoms with Gasteiger partial charge in [-0.1, -0.05) is 0 Å². The van der Waals surface area contributed by atoms with E-state index in [4.69, 9.17) is 5.73 Å². The second-order valence-corrected chi connectivity index (χ2v) is 3.95. The zero-order chi connectivity index (χ0) is 10.7. The molecule has 2 rings (SSSR count). The first-order valence-corrected chi connectivity index (χ1v) is 5.41. The molecule has 0 aliphatic carbocycles. The number of hydrogen-bond acceptors (Lipinski definition) is 2. The summed E-state index contributed by atoms with van der Waals surface area (Å²) in [5.41, 5.74) is 5.34. The van der Waals surface area contributed by atoms with Crippen molar-refractivity contribution in [2.75, 3.05) is 19.6 Å². The third-order valence-corrected chi connectivity index (χ3v) is 3.04. The lowest BCUT2D eigenvalue weighted by Gasteiger charge is -2.32. The fourth-order valence-electron chi connectivity index (χ4n) is 2.13. The second-order valence-electron chi connectivity index (χ2n) is 3.95. The van der Waals surface area contributed by atoms with Gasteiger partial charge in [0.25, 0.3) is 0 Å². The highest BCUT2D eigenvalue weighted by atomic mass is 16.2. The summed E-state index contributed by atoms with van der Waals surface area (Å²) in [7, 11) is 0. The minimum absolute atomic E-state index is 0.0703. The predicted octanol–water partition coefficient (Wildman–Crippen LogP) is 0.610. The number of rotatable bonds is 2. The molecule has 0 unspecified atom stereocenters. The number of carbonyl (C=O) groups excluding carboxylic acids is 1. The van der Waals surface area contributed by atoms with Crippen LogP contribution >= 0.6 is 0 Å². The Morgan fingerprint density at radius 2 is 1.87 bits per heavy atom. The molecule has 0 bridgehead atoms. The number of amides is 1. The van der Waals surface area contributed by atoms with E-state index in [0.29, 0.717) is 6.04 Å². The number of piperidine rings is 1. The van der Waals surface area contributed by atoms with Crippen LogP contribution in [0, 0.1) is 0 Å². The van der Waals surface area contributed by atoms with Crippen LogP contribution in [0.2, 0.25) is 0 Å². The van der Waals surface area contributed by atoms with Crippen molar-refractivity contribution in [2.45, 2.75) is 18.9 Å². The molecule has 0 atom stereocenters. The molecule has 1 fully saturated rings. The zero-order valence-electron chi connectivity index (χ0n) is 8.80. The average Bonchev–Trinajstić information content (AvgIpc) is 2.82. The van der Waals surface area contributed by atoms with Gasteiger partial charge in [-0.3, -0.25) is 4.79 Å². The molecule has 1 aliphatic rings. The molecular formula is C11H17N3O. The Morgan fingerprint density at radius 1 is 1.27 bits per heavy atom. The van der Waals surface area contributed by atoms with Gasteiger partial charge in [0.15, 0.2) is 0 Å². The Balaban J connectivity index is 1.90. The van der Waals surface area contributed by atoms with E-state index in [1.54, 1.807) is 0 Å². The molecule has 4 heteroatoms. The van der Waals surface area contributed by atoms with E-state index < -0.39 is 0 Å². The van der Waals surface area contributed by atoms with Crippen LogP contribution in [0.15, 0.2) is 24.5 Å². The summed E-state index contributed by atoms with van der Waals surface area (Å²) in [5, 5.41) is 0. The smallest absolute Gasteiger partial charge is 0.236 e. The number of carbonyl (C=O) groups is 1. The molecule has 1 aromatic heterocycles. The van der Waals surface area contributed by atoms with Gasteiger partial charge < -0.3 is 15.2 Å². The largest absolute Gasteiger partial charge is 0.351 e. The maximum absolute atomic E-state index is 11.4. The van der Waals surface area contributed by atoms with Crippen LogP contribution in [0.5, 0.6) is 0 Å². The molecule has 0 aromatic carbocycles. The predicted molar refractivity (Wildman–Crippen MR) is 58.3 cm³/mol. The van der Waals surface area contributed by atoms with Crippen molar-refractivity contribution in [3.63, 3.8) is 0 Å². The van der Waals surface area contributed by atoms with Crippen LogP contribution in [0.4, 0.5) is 0 Å². The molecule has 2 N–H and O–H groups in total. The first-order valence-electron chi connectivity index (χ1n) is 5.41. The van der Waals surface area contributed by atoms with Gasteiger partial charge in [-0.2, -0.15) is 0 Å². The normalized spacial score (nSPS) is 18.1. The number of nitrogens with two attached hydrogens (primary N) is 1. The molecule has 4 nitrogen and oxygen atoms in total. The molecule has 1 amide bonds. The molecule has 2 heterocycles. The van der Waals surface area contributed by atoms with Crippen molar-refractivity contribution in [2.24, 2.45) is 5.73 Å². The van der Waals surface area contributed by atoms with Gasteiger partial charge in [-0.05, 0) is 25.0 Å². The standard InChI is InChI=1S/C11H17N3O/c12-9-11(15)14-7-3-10(4-8-14)13-5-1-2-6-13/h1-2,5-6,10H,3-4,7-9,12H2. The highest BCUT2D eigenvalue weighted by molar-refractivity contribution is 5.78. The van der Waals surface area contributed by atoms with Crippen molar-refractivity contribution < 1.29 is 4.79 Å². The van der Waals surface area contributed by atoms with E-state index in [9.17, 15) is 4.79 Å². The molecule has 0 spiro atoms. The van der Waals surface area contributed by atoms with E-state index in [2.05, 4.69) is 17.0 Å². The van der Waals surface area contributed by atoms with Crippen LogP contribution in [0.25, 0.3) is 0 Å². The van der Waals surface area contributed by atoms with Crippen LogP contribution in [-0.2, 0) is 4.79 Å². The van der Waals surface area contributed by atoms with Crippen molar-refractivity contribution in [1.29, 1.82) is 0 Å². The first-order chi connectivity index (χ1) is 7.31. The van der Waals surface area contributed by atoms with E-state index in [-0.39, 0.29) is 12.5 Å². The van der Waals surface area contributed by atoms with Gasteiger partial charge in [-0.15, -0.1) is 0 Å². The van der Waals surface area contributed by atoms with Gasteiger partial charge in [0.05, 0.1) is 6.54 Å². The maximum atomic E-state index is 11.4. The number of likely N-dealkylation sites (tertiary alicyclic amines) is 1. The first kappa shape index (κ1) is 10.2. The van der Waals surface area contributed by atoms with Crippen LogP contribution in [-0.4, -0.2) is 35.0 Å². The molecule has 82 valence electrons. The lowest BCUT2D eigenvalue weighted by Crippen LogP contribution is -2.41. The quantitative estimate of drug-likeness (QED) is 0.772. The molecule has 1 aromatic rings. The Morgan fingerprint density at radius 3 is 2.40 bits per heavy atom. The number of aromatic nitrogens is 1. The second kappa shape index (κ2) is 4.49. The van der Waals surface area contributed by atoms with E-state index in [1.807, 2.05) is 17.0 Å². The summed E-state index contributed by atoms with van der Waals surface area (Å²) in [6.45, 7) is 1.80. The van der Waals surface area contributed by atoms with E-state index in [0.717, 1.165) is 25.9 Å². The SMILES string of the molecule is NCC(=O)N1CCC(n2cccc2)CC1. The van der Waals surface area contributed by atoms with Crippen molar-refractivity contribution in [3.05, 3.63) is 24.5 Å². The summed E-state index contributed by atoms with van der Waals surface area (Å²) in [4.78, 5) is 13.2. The van der Waals surface area contributed by atoms with Crippen molar-refractivity contribution >= 4 is 5.91 Å². The minimum atomic E-state index is 0.0703. The molecule has 0 saturated carbocycles. The topological polar surface area (TPSA) is 51.3 Å². The fourth-order valence-corrected chi connectivity index (χ4v) is 2.13. The van der Waals surface area contributed by atoms with Gasteiger partial charge in [0.1, 0.15) is 0 Å². The maximum Gasteiger partial charge on any atom is 0.236 e. The van der Waals surface area contributed by atoms with Gasteiger partial charge >= 0.3 is 0 Å². The van der Waals surface area contributed by atoms with Crippen molar-refractivity contribution in [3.8, 4) is 0 Å². The summed E-state index contributed by atoms with van der Waals surface area (Å²) in [6.07, 6.45) is 6.23. The van der Waals surface area contributed by atoms with Crippen LogP contribution < -0.4 is 5.73 Å². The molecular weight excluding hydrogens is 190 g/mol. The van der Waals surface area contributed by atoms with Gasteiger partial charge in [0.2, 0.25) is 5.91 Å². The third-order valence-electron chi connectivity index (χ3n) is 3.04. The Hall–Kier alpha value is -1.29. The minimum Gasteiger partial charge on any atom is -0.351 e.